The second-order valence-corrected chi connectivity index (χ2v) is 9.04. The SMILES string of the molecule is CC(CCc1ccc(S(N)(=O)=O)cc1)NS(=O)(=O)C1CC1. The van der Waals surface area contributed by atoms with E-state index in [0.717, 1.165) is 18.4 Å². The Balaban J connectivity index is 1.88. The zero-order chi connectivity index (χ0) is 15.7. The largest absolute Gasteiger partial charge is 0.238 e. The number of hydrogen-bond acceptors (Lipinski definition) is 4. The smallest absolute Gasteiger partial charge is 0.225 e. The van der Waals surface area contributed by atoms with Crippen LogP contribution in [0.4, 0.5) is 0 Å². The molecule has 21 heavy (non-hydrogen) atoms. The first-order chi connectivity index (χ1) is 9.68. The fourth-order valence-corrected chi connectivity index (χ4v) is 4.19. The predicted molar refractivity (Wildman–Crippen MR) is 80.7 cm³/mol. The van der Waals surface area contributed by atoms with E-state index in [1.54, 1.807) is 12.1 Å². The first kappa shape index (κ1) is 16.4. The second kappa shape index (κ2) is 6.04. The fraction of sp³-hybridized carbons (Fsp3) is 0.538. The van der Waals surface area contributed by atoms with Gasteiger partial charge < -0.3 is 0 Å². The van der Waals surface area contributed by atoms with Crippen molar-refractivity contribution < 1.29 is 16.8 Å². The molecule has 1 saturated carbocycles. The second-order valence-electron chi connectivity index (χ2n) is 5.49. The van der Waals surface area contributed by atoms with E-state index in [0.29, 0.717) is 12.8 Å². The predicted octanol–water partition coefficient (Wildman–Crippen LogP) is 0.737. The maximum atomic E-state index is 11.8. The van der Waals surface area contributed by atoms with Crippen LogP contribution in [0.3, 0.4) is 0 Å². The lowest BCUT2D eigenvalue weighted by Crippen LogP contribution is -2.35. The highest BCUT2D eigenvalue weighted by molar-refractivity contribution is 7.90. The summed E-state index contributed by atoms with van der Waals surface area (Å²) in [5.74, 6) is 0. The van der Waals surface area contributed by atoms with E-state index in [4.69, 9.17) is 5.14 Å². The van der Waals surface area contributed by atoms with E-state index in [9.17, 15) is 16.8 Å². The maximum Gasteiger partial charge on any atom is 0.238 e. The molecular formula is C13H20N2O4S2. The van der Waals surface area contributed by atoms with Gasteiger partial charge in [0.1, 0.15) is 0 Å². The quantitative estimate of drug-likeness (QED) is 0.768. The zero-order valence-electron chi connectivity index (χ0n) is 11.8. The van der Waals surface area contributed by atoms with Crippen molar-refractivity contribution in [1.82, 2.24) is 4.72 Å². The normalized spacial score (nSPS) is 17.6. The zero-order valence-corrected chi connectivity index (χ0v) is 13.5. The van der Waals surface area contributed by atoms with E-state index >= 15 is 0 Å². The number of nitrogens with two attached hydrogens (primary N) is 1. The average molecular weight is 332 g/mol. The molecule has 0 radical (unpaired) electrons. The Labute approximate surface area is 125 Å². The summed E-state index contributed by atoms with van der Waals surface area (Å²) in [5.41, 5.74) is 0.944. The van der Waals surface area contributed by atoms with Gasteiger partial charge in [-0.25, -0.2) is 26.7 Å². The van der Waals surface area contributed by atoms with Crippen LogP contribution in [-0.2, 0) is 26.5 Å². The van der Waals surface area contributed by atoms with Crippen molar-refractivity contribution in [2.24, 2.45) is 5.14 Å². The molecule has 0 amide bonds. The van der Waals surface area contributed by atoms with E-state index in [1.165, 1.54) is 12.1 Å². The van der Waals surface area contributed by atoms with Crippen molar-refractivity contribution in [3.05, 3.63) is 29.8 Å². The van der Waals surface area contributed by atoms with Crippen molar-refractivity contribution in [2.75, 3.05) is 0 Å². The molecule has 6 nitrogen and oxygen atoms in total. The monoisotopic (exact) mass is 332 g/mol. The number of sulfonamides is 2. The van der Waals surface area contributed by atoms with Crippen molar-refractivity contribution >= 4 is 20.0 Å². The lowest BCUT2D eigenvalue weighted by atomic mass is 10.1. The minimum atomic E-state index is -3.67. The van der Waals surface area contributed by atoms with Gasteiger partial charge in [0.05, 0.1) is 10.1 Å². The summed E-state index contributed by atoms with van der Waals surface area (Å²) in [5, 5.41) is 4.81. The first-order valence-electron chi connectivity index (χ1n) is 6.81. The van der Waals surface area contributed by atoms with E-state index in [1.807, 2.05) is 6.92 Å². The minimum Gasteiger partial charge on any atom is -0.225 e. The topological polar surface area (TPSA) is 106 Å². The van der Waals surface area contributed by atoms with Crippen molar-refractivity contribution in [3.8, 4) is 0 Å². The Morgan fingerprint density at radius 3 is 2.24 bits per heavy atom. The molecule has 1 fully saturated rings. The molecule has 2 rings (SSSR count). The van der Waals surface area contributed by atoms with Gasteiger partial charge in [-0.3, -0.25) is 0 Å². The summed E-state index contributed by atoms with van der Waals surface area (Å²) < 4.78 is 48.5. The molecule has 0 bridgehead atoms. The number of benzene rings is 1. The van der Waals surface area contributed by atoms with Crippen molar-refractivity contribution in [2.45, 2.75) is 48.8 Å². The van der Waals surface area contributed by atoms with Crippen LogP contribution >= 0.6 is 0 Å². The van der Waals surface area contributed by atoms with Crippen LogP contribution in [0.5, 0.6) is 0 Å². The van der Waals surface area contributed by atoms with Gasteiger partial charge in [0.15, 0.2) is 0 Å². The Kier molecular flexibility index (Phi) is 4.72. The number of hydrogen-bond donors (Lipinski definition) is 2. The minimum absolute atomic E-state index is 0.0775. The summed E-state index contributed by atoms with van der Waals surface area (Å²) in [6.45, 7) is 1.83. The lowest BCUT2D eigenvalue weighted by molar-refractivity contribution is 0.545. The van der Waals surface area contributed by atoms with Crippen LogP contribution in [0, 0.1) is 0 Å². The molecule has 8 heteroatoms. The van der Waals surface area contributed by atoms with Crippen molar-refractivity contribution in [1.29, 1.82) is 0 Å². The molecule has 3 N–H and O–H groups in total. The maximum absolute atomic E-state index is 11.8. The van der Waals surface area contributed by atoms with Gasteiger partial charge in [-0.2, -0.15) is 0 Å². The highest BCUT2D eigenvalue weighted by Crippen LogP contribution is 2.27. The van der Waals surface area contributed by atoms with Crippen LogP contribution in [0.15, 0.2) is 29.2 Å². The van der Waals surface area contributed by atoms with Crippen LogP contribution in [0.2, 0.25) is 0 Å². The third-order valence-corrected chi connectivity index (χ3v) is 6.46. The standard InChI is InChI=1S/C13H20N2O4S2/c1-10(15-21(18,19)13-8-9-13)2-3-11-4-6-12(7-5-11)20(14,16)17/h4-7,10,13,15H,2-3,8-9H2,1H3,(H2,14,16,17). The molecule has 118 valence electrons. The van der Waals surface area contributed by atoms with E-state index in [-0.39, 0.29) is 16.2 Å². The molecule has 1 atom stereocenters. The molecule has 1 aromatic rings. The first-order valence-corrected chi connectivity index (χ1v) is 9.90. The van der Waals surface area contributed by atoms with Gasteiger partial charge >= 0.3 is 0 Å². The van der Waals surface area contributed by atoms with Gasteiger partial charge in [0.2, 0.25) is 20.0 Å². The van der Waals surface area contributed by atoms with Gasteiger partial charge in [0, 0.05) is 6.04 Å². The molecule has 0 spiro atoms. The van der Waals surface area contributed by atoms with E-state index < -0.39 is 20.0 Å². The Hall–Kier alpha value is -0.960. The fourth-order valence-electron chi connectivity index (χ4n) is 2.04. The molecule has 1 unspecified atom stereocenters. The summed E-state index contributed by atoms with van der Waals surface area (Å²) in [7, 11) is -6.83. The van der Waals surface area contributed by atoms with Gasteiger partial charge in [-0.15, -0.1) is 0 Å². The number of nitrogens with one attached hydrogen (secondary N) is 1. The third-order valence-electron chi connectivity index (χ3n) is 3.45. The summed E-state index contributed by atoms with van der Waals surface area (Å²) in [4.78, 5) is 0.0775. The Morgan fingerprint density at radius 2 is 1.76 bits per heavy atom. The number of primary sulfonamides is 1. The molecule has 0 saturated heterocycles. The molecule has 1 aliphatic rings. The van der Waals surface area contributed by atoms with Gasteiger partial charge in [0.25, 0.3) is 0 Å². The lowest BCUT2D eigenvalue weighted by Gasteiger charge is -2.14. The summed E-state index contributed by atoms with van der Waals surface area (Å²) in [6, 6.07) is 6.17. The van der Waals surface area contributed by atoms with Crippen LogP contribution < -0.4 is 9.86 Å². The molecule has 0 heterocycles. The molecule has 1 aromatic carbocycles. The Bertz CT molecular complexity index is 692. The summed E-state index contributed by atoms with van der Waals surface area (Å²) in [6.07, 6.45) is 2.81. The average Bonchev–Trinajstić information content (AvgIpc) is 3.20. The van der Waals surface area contributed by atoms with Crippen LogP contribution in [-0.4, -0.2) is 28.1 Å². The molecular weight excluding hydrogens is 312 g/mol. The highest BCUT2D eigenvalue weighted by atomic mass is 32.2. The van der Waals surface area contributed by atoms with Gasteiger partial charge in [-0.1, -0.05) is 12.1 Å². The third kappa shape index (κ3) is 4.77. The van der Waals surface area contributed by atoms with E-state index in [2.05, 4.69) is 4.72 Å². The molecule has 1 aliphatic carbocycles. The number of rotatable bonds is 7. The molecule has 0 aliphatic heterocycles. The highest BCUT2D eigenvalue weighted by Gasteiger charge is 2.36. The van der Waals surface area contributed by atoms with Gasteiger partial charge in [-0.05, 0) is 50.3 Å². The van der Waals surface area contributed by atoms with Crippen molar-refractivity contribution in [3.63, 3.8) is 0 Å². The number of aryl methyl sites for hydroxylation is 1. The molecule has 0 aromatic heterocycles. The summed E-state index contributed by atoms with van der Waals surface area (Å²) >= 11 is 0. The van der Waals surface area contributed by atoms with Crippen LogP contribution in [0.1, 0.15) is 31.7 Å². The van der Waals surface area contributed by atoms with Crippen LogP contribution in [0.25, 0.3) is 0 Å². The Morgan fingerprint density at radius 1 is 1.19 bits per heavy atom.